The van der Waals surface area contributed by atoms with Gasteiger partial charge < -0.3 is 14.7 Å². The van der Waals surface area contributed by atoms with Crippen molar-refractivity contribution in [3.63, 3.8) is 0 Å². The predicted molar refractivity (Wildman–Crippen MR) is 75.3 cm³/mol. The Morgan fingerprint density at radius 3 is 2.74 bits per heavy atom. The second-order valence-electron chi connectivity index (χ2n) is 5.00. The summed E-state index contributed by atoms with van der Waals surface area (Å²) in [5, 5.41) is 7.19. The number of aryl methyl sites for hydroxylation is 2. The van der Waals surface area contributed by atoms with Gasteiger partial charge in [-0.15, -0.1) is 12.4 Å². The van der Waals surface area contributed by atoms with Crippen LogP contribution in [0.4, 0.5) is 0 Å². The molecule has 0 bridgehead atoms. The third-order valence-electron chi connectivity index (χ3n) is 3.56. The van der Waals surface area contributed by atoms with Gasteiger partial charge in [-0.05, 0) is 33.2 Å². The van der Waals surface area contributed by atoms with Crippen LogP contribution in [0, 0.1) is 13.8 Å². The average Bonchev–Trinajstić information content (AvgIpc) is 2.70. The van der Waals surface area contributed by atoms with Gasteiger partial charge in [0.2, 0.25) is 5.91 Å². The molecule has 0 aromatic carbocycles. The van der Waals surface area contributed by atoms with Crippen LogP contribution in [0.2, 0.25) is 0 Å². The van der Waals surface area contributed by atoms with Crippen LogP contribution in [0.3, 0.4) is 0 Å². The molecule has 0 spiro atoms. The van der Waals surface area contributed by atoms with Gasteiger partial charge in [-0.3, -0.25) is 4.79 Å². The highest BCUT2D eigenvalue weighted by Gasteiger charge is 2.24. The molecule has 0 radical (unpaired) electrons. The number of piperidine rings is 1. The number of hydrogen-bond acceptors (Lipinski definition) is 4. The van der Waals surface area contributed by atoms with E-state index in [-0.39, 0.29) is 24.4 Å². The second-order valence-corrected chi connectivity index (χ2v) is 5.00. The standard InChI is InChI=1S/C13H21N3O2.ClH/c1-9-11(10(2)18-15-9)8-16(3)13(17)12-6-4-5-7-14-12;/h12,14H,4-8H2,1-3H3;1H/t12-;/m0./s1. The summed E-state index contributed by atoms with van der Waals surface area (Å²) in [6.45, 7) is 5.29. The largest absolute Gasteiger partial charge is 0.361 e. The summed E-state index contributed by atoms with van der Waals surface area (Å²) in [4.78, 5) is 14.0. The molecule has 0 aliphatic carbocycles. The van der Waals surface area contributed by atoms with E-state index in [1.807, 2.05) is 20.9 Å². The average molecular weight is 288 g/mol. The van der Waals surface area contributed by atoms with Crippen molar-refractivity contribution in [2.24, 2.45) is 0 Å². The summed E-state index contributed by atoms with van der Waals surface area (Å²) in [6, 6.07) is -0.0239. The Morgan fingerprint density at radius 2 is 2.21 bits per heavy atom. The van der Waals surface area contributed by atoms with E-state index in [9.17, 15) is 4.79 Å². The molecule has 1 amide bonds. The summed E-state index contributed by atoms with van der Waals surface area (Å²) in [7, 11) is 1.84. The Bertz CT molecular complexity index is 408. The molecule has 1 aliphatic heterocycles. The second kappa shape index (κ2) is 6.91. The van der Waals surface area contributed by atoms with Gasteiger partial charge in [0, 0.05) is 12.6 Å². The first-order valence-corrected chi connectivity index (χ1v) is 6.49. The van der Waals surface area contributed by atoms with Crippen molar-refractivity contribution in [2.75, 3.05) is 13.6 Å². The van der Waals surface area contributed by atoms with Gasteiger partial charge in [-0.1, -0.05) is 11.6 Å². The van der Waals surface area contributed by atoms with Gasteiger partial charge >= 0.3 is 0 Å². The molecule has 1 aliphatic rings. The van der Waals surface area contributed by atoms with Crippen molar-refractivity contribution in [1.29, 1.82) is 0 Å². The van der Waals surface area contributed by atoms with E-state index in [4.69, 9.17) is 4.52 Å². The number of hydrogen-bond donors (Lipinski definition) is 1. The number of nitrogens with one attached hydrogen (secondary N) is 1. The Balaban J connectivity index is 0.00000180. The van der Waals surface area contributed by atoms with Gasteiger partial charge in [-0.2, -0.15) is 0 Å². The van der Waals surface area contributed by atoms with Crippen LogP contribution in [0.25, 0.3) is 0 Å². The molecule has 1 saturated heterocycles. The maximum Gasteiger partial charge on any atom is 0.239 e. The van der Waals surface area contributed by atoms with Crippen LogP contribution in [-0.4, -0.2) is 35.6 Å². The lowest BCUT2D eigenvalue weighted by molar-refractivity contribution is -0.133. The topological polar surface area (TPSA) is 58.4 Å². The summed E-state index contributed by atoms with van der Waals surface area (Å²) in [6.07, 6.45) is 3.23. The minimum atomic E-state index is -0.0239. The molecule has 1 atom stereocenters. The molecule has 5 nitrogen and oxygen atoms in total. The van der Waals surface area contributed by atoms with Crippen molar-refractivity contribution in [3.8, 4) is 0 Å². The number of carbonyl (C=O) groups excluding carboxylic acids is 1. The van der Waals surface area contributed by atoms with Crippen LogP contribution in [0.5, 0.6) is 0 Å². The van der Waals surface area contributed by atoms with Gasteiger partial charge in [0.15, 0.2) is 0 Å². The van der Waals surface area contributed by atoms with Crippen molar-refractivity contribution >= 4 is 18.3 Å². The molecule has 1 aromatic rings. The molecule has 19 heavy (non-hydrogen) atoms. The molecule has 2 rings (SSSR count). The number of likely N-dealkylation sites (N-methyl/N-ethyl adjacent to an activating group) is 1. The lowest BCUT2D eigenvalue weighted by Crippen LogP contribution is -2.47. The van der Waals surface area contributed by atoms with Crippen LogP contribution in [0.15, 0.2) is 4.52 Å². The quantitative estimate of drug-likeness (QED) is 0.921. The molecular weight excluding hydrogens is 266 g/mol. The zero-order valence-corrected chi connectivity index (χ0v) is 12.5. The maximum absolute atomic E-state index is 12.3. The molecule has 6 heteroatoms. The lowest BCUT2D eigenvalue weighted by Gasteiger charge is -2.27. The molecule has 2 heterocycles. The number of carbonyl (C=O) groups is 1. The minimum Gasteiger partial charge on any atom is -0.361 e. The number of rotatable bonds is 3. The zero-order chi connectivity index (χ0) is 13.1. The van der Waals surface area contributed by atoms with E-state index in [2.05, 4.69) is 10.5 Å². The van der Waals surface area contributed by atoms with Crippen LogP contribution in [-0.2, 0) is 11.3 Å². The number of nitrogens with zero attached hydrogens (tertiary/aromatic N) is 2. The van der Waals surface area contributed by atoms with Gasteiger partial charge in [0.1, 0.15) is 5.76 Å². The van der Waals surface area contributed by atoms with Gasteiger partial charge in [-0.25, -0.2) is 0 Å². The Morgan fingerprint density at radius 1 is 1.47 bits per heavy atom. The summed E-state index contributed by atoms with van der Waals surface area (Å²) >= 11 is 0. The van der Waals surface area contributed by atoms with Crippen LogP contribution < -0.4 is 5.32 Å². The summed E-state index contributed by atoms with van der Waals surface area (Å²) in [5.74, 6) is 0.957. The number of amides is 1. The molecule has 108 valence electrons. The maximum atomic E-state index is 12.3. The van der Waals surface area contributed by atoms with E-state index >= 15 is 0 Å². The Hall–Kier alpha value is -1.07. The number of halogens is 1. The highest BCUT2D eigenvalue weighted by atomic mass is 35.5. The van der Waals surface area contributed by atoms with Crippen molar-refractivity contribution in [1.82, 2.24) is 15.4 Å². The lowest BCUT2D eigenvalue weighted by atomic mass is 10.0. The molecule has 1 fully saturated rings. The zero-order valence-electron chi connectivity index (χ0n) is 11.7. The first kappa shape index (κ1) is 16.0. The highest BCUT2D eigenvalue weighted by molar-refractivity contribution is 5.85. The molecule has 0 saturated carbocycles. The molecule has 1 N–H and O–H groups in total. The van der Waals surface area contributed by atoms with E-state index in [1.165, 1.54) is 0 Å². The SMILES string of the molecule is Cc1noc(C)c1CN(C)C(=O)[C@@H]1CCCCN1.Cl. The first-order chi connectivity index (χ1) is 8.59. The smallest absolute Gasteiger partial charge is 0.239 e. The van der Waals surface area contributed by atoms with Crippen molar-refractivity contribution in [3.05, 3.63) is 17.0 Å². The predicted octanol–water partition coefficient (Wildman–Crippen LogP) is 1.81. The fourth-order valence-electron chi connectivity index (χ4n) is 2.37. The van der Waals surface area contributed by atoms with Gasteiger partial charge in [0.25, 0.3) is 0 Å². The Labute approximate surface area is 120 Å². The third kappa shape index (κ3) is 3.70. The van der Waals surface area contributed by atoms with Crippen LogP contribution in [0.1, 0.15) is 36.3 Å². The number of aromatic nitrogens is 1. The van der Waals surface area contributed by atoms with E-state index in [0.717, 1.165) is 42.8 Å². The third-order valence-corrected chi connectivity index (χ3v) is 3.56. The molecular formula is C13H22ClN3O2. The summed E-state index contributed by atoms with van der Waals surface area (Å²) < 4.78 is 5.12. The fourth-order valence-corrected chi connectivity index (χ4v) is 2.37. The van der Waals surface area contributed by atoms with Crippen LogP contribution >= 0.6 is 12.4 Å². The fraction of sp³-hybridized carbons (Fsp3) is 0.692. The Kier molecular flexibility index (Phi) is 5.82. The first-order valence-electron chi connectivity index (χ1n) is 6.49. The summed E-state index contributed by atoms with van der Waals surface area (Å²) in [5.41, 5.74) is 1.88. The monoisotopic (exact) mass is 287 g/mol. The van der Waals surface area contributed by atoms with Crippen molar-refractivity contribution < 1.29 is 9.32 Å². The van der Waals surface area contributed by atoms with E-state index < -0.39 is 0 Å². The van der Waals surface area contributed by atoms with E-state index in [1.54, 1.807) is 4.90 Å². The van der Waals surface area contributed by atoms with Crippen molar-refractivity contribution in [2.45, 2.75) is 45.7 Å². The molecule has 1 aromatic heterocycles. The highest BCUT2D eigenvalue weighted by Crippen LogP contribution is 2.16. The minimum absolute atomic E-state index is 0. The van der Waals surface area contributed by atoms with Gasteiger partial charge in [0.05, 0.1) is 18.3 Å². The molecule has 0 unspecified atom stereocenters. The van der Waals surface area contributed by atoms with E-state index in [0.29, 0.717) is 6.54 Å². The normalized spacial score (nSPS) is 18.8.